The van der Waals surface area contributed by atoms with Crippen molar-refractivity contribution in [2.75, 3.05) is 83.1 Å². The molecule has 10 rings (SSSR count). The number of carbonyl (C=O) groups is 4. The molecule has 6 fully saturated rings. The number of hydrazine groups is 1. The number of halogens is 10. The highest BCUT2D eigenvalue weighted by atomic mass is 19.4. The number of hydrogen-bond donors (Lipinski definition) is 5. The summed E-state index contributed by atoms with van der Waals surface area (Å²) >= 11 is 0. The van der Waals surface area contributed by atoms with Crippen LogP contribution in [0.25, 0.3) is 11.3 Å². The molecule has 93 heavy (non-hydrogen) atoms. The first kappa shape index (κ1) is 68.2. The van der Waals surface area contributed by atoms with Gasteiger partial charge in [-0.25, -0.2) is 28.1 Å². The fraction of sp³-hybridized carbons (Fsp3) is 0.600. The van der Waals surface area contributed by atoms with E-state index in [4.69, 9.17) is 29.2 Å². The quantitative estimate of drug-likeness (QED) is 0.0395. The second-order valence-corrected chi connectivity index (χ2v) is 25.2. The minimum Gasteiger partial charge on any atom is -0.453 e. The van der Waals surface area contributed by atoms with Gasteiger partial charge in [-0.15, -0.1) is 0 Å². The molecule has 23 nitrogen and oxygen atoms in total. The fourth-order valence-electron chi connectivity index (χ4n) is 12.7. The van der Waals surface area contributed by atoms with Gasteiger partial charge in [0.25, 0.3) is 5.91 Å². The van der Waals surface area contributed by atoms with Gasteiger partial charge in [0, 0.05) is 93.4 Å². The lowest BCUT2D eigenvalue weighted by Gasteiger charge is -2.48. The van der Waals surface area contributed by atoms with E-state index in [9.17, 15) is 59.4 Å². The van der Waals surface area contributed by atoms with Crippen molar-refractivity contribution >= 4 is 35.9 Å². The van der Waals surface area contributed by atoms with Crippen molar-refractivity contribution in [2.24, 2.45) is 10.8 Å². The van der Waals surface area contributed by atoms with Gasteiger partial charge >= 0.3 is 31.1 Å². The average molecular weight is 1320 g/mol. The van der Waals surface area contributed by atoms with Crippen LogP contribution >= 0.6 is 0 Å². The lowest BCUT2D eigenvalue weighted by Crippen LogP contribution is -2.62. The molecule has 4 bridgehead atoms. The number of aliphatic hydroxyl groups is 1. The first-order chi connectivity index (χ1) is 43.9. The third-order valence-electron chi connectivity index (χ3n) is 18.3. The molecule has 8 heterocycles. The summed E-state index contributed by atoms with van der Waals surface area (Å²) < 4.78 is 168. The molecule has 2 aromatic heterocycles. The highest BCUT2D eigenvalue weighted by molar-refractivity contribution is 5.87. The summed E-state index contributed by atoms with van der Waals surface area (Å²) in [4.78, 5) is 77.9. The van der Waals surface area contributed by atoms with E-state index < -0.39 is 115 Å². The van der Waals surface area contributed by atoms with Gasteiger partial charge in [0.15, 0.2) is 6.10 Å². The summed E-state index contributed by atoms with van der Waals surface area (Å²) in [6, 6.07) is 5.98. The number of piperazine rings is 2. The van der Waals surface area contributed by atoms with Gasteiger partial charge in [-0.1, -0.05) is 18.1 Å². The van der Waals surface area contributed by atoms with Crippen LogP contribution in [0.1, 0.15) is 82.4 Å². The number of methoxy groups -OCH3 is 1. The van der Waals surface area contributed by atoms with Crippen LogP contribution in [-0.2, 0) is 41.5 Å². The third-order valence-corrected chi connectivity index (χ3v) is 18.3. The SMILES string of the molecule is CNC(=O)O[C@H](C(=O)NN(Cc1c(F)cc(-c2ccn(C(F)F)n2)cc1F)C[C@H](O)[C@H](Cc1ccc(C#Cc2nc(N3C[C@H]4CC[C@@H](C3)N4C3COC3)nc(N3C[C@@H]4CC[C@@H](C3)N4C3COC3)n2)cc1)NC(=O)[C@@H](NC(=O)OC)C(C)(C)C(F)(F)F)C(C)(C)C(F)(F)F. The Balaban J connectivity index is 0.962. The number of nitrogens with one attached hydrogen (secondary N) is 4. The lowest BCUT2D eigenvalue weighted by atomic mass is 9.82. The molecule has 8 atom stereocenters. The molecule has 0 aliphatic carbocycles. The molecule has 0 spiro atoms. The van der Waals surface area contributed by atoms with Crippen LogP contribution in [0.15, 0.2) is 48.7 Å². The van der Waals surface area contributed by atoms with Crippen LogP contribution in [0.4, 0.5) is 65.4 Å². The maximum Gasteiger partial charge on any atom is 0.407 e. The fourth-order valence-corrected chi connectivity index (χ4v) is 12.7. The Morgan fingerprint density at radius 2 is 1.25 bits per heavy atom. The molecule has 4 amide bonds. The highest BCUT2D eigenvalue weighted by Crippen LogP contribution is 2.44. The van der Waals surface area contributed by atoms with Gasteiger partial charge in [0.1, 0.15) is 23.1 Å². The number of anilines is 2. The van der Waals surface area contributed by atoms with E-state index in [2.05, 4.69) is 46.6 Å². The van der Waals surface area contributed by atoms with Crippen molar-refractivity contribution in [3.63, 3.8) is 0 Å². The van der Waals surface area contributed by atoms with E-state index in [-0.39, 0.29) is 51.5 Å². The smallest absolute Gasteiger partial charge is 0.407 e. The number of nitrogens with zero attached hydrogens (tertiary/aromatic N) is 10. The maximum absolute atomic E-state index is 16.2. The maximum atomic E-state index is 16.2. The third kappa shape index (κ3) is 14.8. The molecule has 5 N–H and O–H groups in total. The molecule has 0 unspecified atom stereocenters. The zero-order valence-electron chi connectivity index (χ0n) is 51.5. The zero-order valence-corrected chi connectivity index (χ0v) is 51.5. The number of alkyl carbamates (subject to hydrolysis) is 2. The summed E-state index contributed by atoms with van der Waals surface area (Å²) in [5, 5.41) is 22.5. The molecule has 506 valence electrons. The summed E-state index contributed by atoms with van der Waals surface area (Å²) in [5.74, 6) is 1.16. The standard InChI is InChI=1S/C60H72F10N14O9/c1-57(2,59(65,66)67)48(75-56(89)90-6)50(86)72-45(46(85)27-81(78-51(87)49(93-55(88)71-5)58(3,4)60(68,69)70)26-41-42(61)20-34(21-43(41)62)44-17-18-82(77-44)52(63)64)19-33-9-7-32(8-10-33)11-16-47-73-53(79-22-35-12-13-36(23-79)83(35)39-28-91-29-39)76-54(74-47)80-24-37-14-15-38(25-80)84(37)40-30-92-31-40/h7-10,17-18,20-21,35-40,45-46,48-49,52,85H,12-15,19,22-31H2,1-6H3,(H,71,88)(H,72,86)(H,75,89)(H,78,87)/t35-,36-,37-,38+,45-,46-,48+,49+/m0/s1. The number of aromatic nitrogens is 5. The van der Waals surface area contributed by atoms with Crippen LogP contribution in [0.2, 0.25) is 0 Å². The molecule has 4 aromatic rings. The molecule has 6 aliphatic rings. The number of ether oxygens (including phenoxy) is 4. The van der Waals surface area contributed by atoms with E-state index in [0.717, 1.165) is 52.1 Å². The summed E-state index contributed by atoms with van der Waals surface area (Å²) in [6.45, 7) is 2.30. The Hall–Kier alpha value is -7.64. The van der Waals surface area contributed by atoms with Gasteiger partial charge < -0.3 is 49.8 Å². The molecule has 0 saturated carbocycles. The Kier molecular flexibility index (Phi) is 20.1. The van der Waals surface area contributed by atoms with Crippen LogP contribution in [0.5, 0.6) is 0 Å². The van der Waals surface area contributed by atoms with E-state index in [0.29, 0.717) is 127 Å². The predicted molar refractivity (Wildman–Crippen MR) is 311 cm³/mol. The lowest BCUT2D eigenvalue weighted by molar-refractivity contribution is -0.239. The molecule has 2 aromatic carbocycles. The van der Waals surface area contributed by atoms with Crippen molar-refractivity contribution in [1.29, 1.82) is 0 Å². The largest absolute Gasteiger partial charge is 0.453 e. The first-order valence-electron chi connectivity index (χ1n) is 30.2. The first-order valence-corrected chi connectivity index (χ1v) is 30.2. The van der Waals surface area contributed by atoms with Gasteiger partial charge in [-0.2, -0.15) is 55.2 Å². The minimum absolute atomic E-state index is 0.189. The monoisotopic (exact) mass is 1320 g/mol. The summed E-state index contributed by atoms with van der Waals surface area (Å²) in [7, 11) is 1.80. The molecular weight excluding hydrogens is 1250 g/mol. The minimum atomic E-state index is -5.28. The second-order valence-electron chi connectivity index (χ2n) is 25.2. The summed E-state index contributed by atoms with van der Waals surface area (Å²) in [5.41, 5.74) is -5.24. The van der Waals surface area contributed by atoms with Crippen LogP contribution in [0, 0.1) is 34.3 Å². The second kappa shape index (κ2) is 27.4. The molecule has 0 radical (unpaired) electrons. The Bertz CT molecular complexity index is 3320. The Labute approximate surface area is 528 Å². The Morgan fingerprint density at radius 1 is 0.720 bits per heavy atom. The number of fused-ring (bicyclic) bond motifs is 4. The number of alkyl halides is 8. The number of benzene rings is 2. The number of amides is 4. The van der Waals surface area contributed by atoms with Gasteiger partial charge in [-0.3, -0.25) is 24.8 Å². The molecule has 6 saturated heterocycles. The van der Waals surface area contributed by atoms with E-state index in [1.165, 1.54) is 12.1 Å². The van der Waals surface area contributed by atoms with Crippen molar-refractivity contribution in [3.05, 3.63) is 82.8 Å². The van der Waals surface area contributed by atoms with Crippen molar-refractivity contribution in [2.45, 2.75) is 146 Å². The van der Waals surface area contributed by atoms with Gasteiger partial charge in [-0.05, 0) is 102 Å². The highest BCUT2D eigenvalue weighted by Gasteiger charge is 2.58. The van der Waals surface area contributed by atoms with Gasteiger partial charge in [0.2, 0.25) is 23.6 Å². The number of rotatable bonds is 21. The predicted octanol–water partition coefficient (Wildman–Crippen LogP) is 5.46. The number of hydrogen-bond acceptors (Lipinski definition) is 18. The molecular formula is C60H72F10N14O9. The van der Waals surface area contributed by atoms with E-state index in [1.54, 1.807) is 12.1 Å². The number of carbonyl (C=O) groups excluding carboxylic acids is 4. The zero-order chi connectivity index (χ0) is 67.1. The van der Waals surface area contributed by atoms with Crippen molar-refractivity contribution in [3.8, 4) is 23.1 Å². The number of aliphatic hydroxyl groups excluding tert-OH is 1. The van der Waals surface area contributed by atoms with Crippen molar-refractivity contribution < 1.29 is 87.1 Å². The van der Waals surface area contributed by atoms with E-state index in [1.807, 2.05) is 16.1 Å². The Morgan fingerprint density at radius 3 is 1.70 bits per heavy atom. The van der Waals surface area contributed by atoms with Crippen LogP contribution in [0.3, 0.4) is 0 Å². The van der Waals surface area contributed by atoms with Crippen LogP contribution in [-0.4, -0.2) is 215 Å². The van der Waals surface area contributed by atoms with E-state index >= 15 is 8.78 Å². The topological polar surface area (TPSA) is 246 Å². The van der Waals surface area contributed by atoms with Gasteiger partial charge in [0.05, 0.1) is 68.9 Å². The van der Waals surface area contributed by atoms with Crippen LogP contribution < -0.4 is 31.2 Å². The summed E-state index contributed by atoms with van der Waals surface area (Å²) in [6.07, 6.45) is -14.0. The average Bonchev–Trinajstić information content (AvgIpc) is 1.69. The molecule has 6 aliphatic heterocycles. The van der Waals surface area contributed by atoms with Crippen molar-refractivity contribution in [1.82, 2.24) is 60.9 Å². The normalized spacial score (nSPS) is 21.9. The molecule has 33 heteroatoms.